The minimum Gasteiger partial charge on any atom is -0.311 e. The maximum atomic E-state index is 11.6. The first kappa shape index (κ1) is 16.2. The van der Waals surface area contributed by atoms with E-state index in [-0.39, 0.29) is 0 Å². The first-order valence-electron chi connectivity index (χ1n) is 6.51. The molecule has 0 aliphatic heterocycles. The van der Waals surface area contributed by atoms with Crippen LogP contribution in [0, 0.1) is 20.8 Å². The van der Waals surface area contributed by atoms with Crippen LogP contribution in [0.5, 0.6) is 0 Å². The molecule has 108 valence electrons. The fourth-order valence-corrected chi connectivity index (χ4v) is 2.20. The number of hydrogen-bond acceptors (Lipinski definition) is 3. The van der Waals surface area contributed by atoms with Gasteiger partial charge in [-0.15, -0.1) is 0 Å². The van der Waals surface area contributed by atoms with Crippen molar-refractivity contribution in [1.82, 2.24) is 5.32 Å². The first-order valence-corrected chi connectivity index (χ1v) is 8.41. The number of hydrogen-bond donors (Lipinski definition) is 1. The number of benzene rings is 1. The highest BCUT2D eigenvalue weighted by Crippen LogP contribution is 2.17. The molecule has 3 nitrogen and oxygen atoms in total. The number of sulfone groups is 1. The molecule has 0 heterocycles. The van der Waals surface area contributed by atoms with Crippen LogP contribution in [0.3, 0.4) is 0 Å². The average molecular weight is 283 g/mol. The molecule has 0 aliphatic rings. The standard InChI is InChI=1S/C15H25NO2S/c1-11-7-13(3)14(8-12(11)2)9-16-10-15(4,5)19(6,17)18/h7-8,16H,9-10H2,1-6H3. The summed E-state index contributed by atoms with van der Waals surface area (Å²) in [5, 5.41) is 3.26. The monoisotopic (exact) mass is 283 g/mol. The fraction of sp³-hybridized carbons (Fsp3) is 0.600. The van der Waals surface area contributed by atoms with E-state index in [0.29, 0.717) is 13.1 Å². The second-order valence-corrected chi connectivity index (χ2v) is 8.65. The predicted molar refractivity (Wildman–Crippen MR) is 81.3 cm³/mol. The molecular formula is C15H25NO2S. The topological polar surface area (TPSA) is 46.2 Å². The van der Waals surface area contributed by atoms with E-state index in [2.05, 4.69) is 38.2 Å². The van der Waals surface area contributed by atoms with E-state index >= 15 is 0 Å². The maximum absolute atomic E-state index is 11.6. The molecule has 0 saturated heterocycles. The Morgan fingerprint density at radius 2 is 1.58 bits per heavy atom. The van der Waals surface area contributed by atoms with Gasteiger partial charge in [-0.25, -0.2) is 8.42 Å². The van der Waals surface area contributed by atoms with Crippen LogP contribution in [0.15, 0.2) is 12.1 Å². The SMILES string of the molecule is Cc1cc(C)c(CNCC(C)(C)S(C)(=O)=O)cc1C. The largest absolute Gasteiger partial charge is 0.311 e. The minimum absolute atomic E-state index is 0.457. The lowest BCUT2D eigenvalue weighted by molar-refractivity contribution is 0.521. The van der Waals surface area contributed by atoms with Crippen molar-refractivity contribution in [3.05, 3.63) is 34.4 Å². The normalized spacial score (nSPS) is 12.7. The number of nitrogens with one attached hydrogen (secondary N) is 1. The molecule has 1 N–H and O–H groups in total. The van der Waals surface area contributed by atoms with Crippen molar-refractivity contribution in [3.8, 4) is 0 Å². The van der Waals surface area contributed by atoms with Gasteiger partial charge < -0.3 is 5.32 Å². The highest BCUT2D eigenvalue weighted by Gasteiger charge is 2.29. The Morgan fingerprint density at radius 1 is 1.05 bits per heavy atom. The zero-order valence-electron chi connectivity index (χ0n) is 12.8. The van der Waals surface area contributed by atoms with Gasteiger partial charge in [0.2, 0.25) is 0 Å². The Labute approximate surface area is 117 Å². The summed E-state index contributed by atoms with van der Waals surface area (Å²) in [5.74, 6) is 0. The van der Waals surface area contributed by atoms with Crippen LogP contribution >= 0.6 is 0 Å². The summed E-state index contributed by atoms with van der Waals surface area (Å²) in [4.78, 5) is 0. The van der Waals surface area contributed by atoms with Crippen molar-refractivity contribution in [1.29, 1.82) is 0 Å². The van der Waals surface area contributed by atoms with Gasteiger partial charge in [0.25, 0.3) is 0 Å². The molecular weight excluding hydrogens is 258 g/mol. The van der Waals surface area contributed by atoms with E-state index < -0.39 is 14.6 Å². The molecule has 0 unspecified atom stereocenters. The predicted octanol–water partition coefficient (Wildman–Crippen LogP) is 2.52. The van der Waals surface area contributed by atoms with Gasteiger partial charge in [-0.05, 0) is 56.9 Å². The Balaban J connectivity index is 2.72. The van der Waals surface area contributed by atoms with E-state index in [1.54, 1.807) is 13.8 Å². The number of rotatable bonds is 5. The molecule has 0 spiro atoms. The molecule has 0 aromatic heterocycles. The molecule has 1 rings (SSSR count). The molecule has 0 radical (unpaired) electrons. The maximum Gasteiger partial charge on any atom is 0.153 e. The van der Waals surface area contributed by atoms with Gasteiger partial charge in [0.1, 0.15) is 0 Å². The Kier molecular flexibility index (Phi) is 4.80. The second kappa shape index (κ2) is 5.63. The summed E-state index contributed by atoms with van der Waals surface area (Å²) in [5.41, 5.74) is 5.03. The van der Waals surface area contributed by atoms with E-state index in [1.807, 2.05) is 0 Å². The van der Waals surface area contributed by atoms with Gasteiger partial charge in [-0.1, -0.05) is 12.1 Å². The van der Waals surface area contributed by atoms with Crippen molar-refractivity contribution in [2.75, 3.05) is 12.8 Å². The quantitative estimate of drug-likeness (QED) is 0.903. The molecule has 19 heavy (non-hydrogen) atoms. The van der Waals surface area contributed by atoms with Crippen LogP contribution in [0.4, 0.5) is 0 Å². The summed E-state index contributed by atoms with van der Waals surface area (Å²) in [6.07, 6.45) is 1.29. The molecule has 4 heteroatoms. The van der Waals surface area contributed by atoms with E-state index in [4.69, 9.17) is 0 Å². The van der Waals surface area contributed by atoms with Crippen molar-refractivity contribution in [3.63, 3.8) is 0 Å². The Morgan fingerprint density at radius 3 is 2.11 bits per heavy atom. The van der Waals surface area contributed by atoms with Crippen LogP contribution in [-0.4, -0.2) is 26.0 Å². The zero-order chi connectivity index (χ0) is 14.8. The third-order valence-electron chi connectivity index (χ3n) is 3.82. The van der Waals surface area contributed by atoms with Gasteiger partial charge in [0, 0.05) is 19.3 Å². The molecule has 0 fully saturated rings. The lowest BCUT2D eigenvalue weighted by Gasteiger charge is -2.23. The highest BCUT2D eigenvalue weighted by atomic mass is 32.2. The summed E-state index contributed by atoms with van der Waals surface area (Å²) in [6.45, 7) is 10.9. The smallest absolute Gasteiger partial charge is 0.153 e. The van der Waals surface area contributed by atoms with E-state index in [0.717, 1.165) is 0 Å². The van der Waals surface area contributed by atoms with Crippen LogP contribution in [0.1, 0.15) is 36.1 Å². The van der Waals surface area contributed by atoms with Gasteiger partial charge >= 0.3 is 0 Å². The second-order valence-electron chi connectivity index (χ2n) is 6.00. The highest BCUT2D eigenvalue weighted by molar-refractivity contribution is 7.92. The van der Waals surface area contributed by atoms with Crippen molar-refractivity contribution >= 4 is 9.84 Å². The summed E-state index contributed by atoms with van der Waals surface area (Å²) < 4.78 is 22.5. The van der Waals surface area contributed by atoms with E-state index in [1.165, 1.54) is 28.5 Å². The van der Waals surface area contributed by atoms with Crippen LogP contribution in [-0.2, 0) is 16.4 Å². The Bertz CT molecular complexity index is 560. The third kappa shape index (κ3) is 4.05. The lowest BCUT2D eigenvalue weighted by atomic mass is 10.0. The summed E-state index contributed by atoms with van der Waals surface area (Å²) >= 11 is 0. The van der Waals surface area contributed by atoms with Crippen molar-refractivity contribution in [2.24, 2.45) is 0 Å². The molecule has 1 aromatic rings. The van der Waals surface area contributed by atoms with Crippen LogP contribution < -0.4 is 5.32 Å². The summed E-state index contributed by atoms with van der Waals surface area (Å²) in [6, 6.07) is 4.35. The van der Waals surface area contributed by atoms with Crippen molar-refractivity contribution < 1.29 is 8.42 Å². The average Bonchev–Trinajstić information content (AvgIpc) is 2.23. The van der Waals surface area contributed by atoms with Gasteiger partial charge in [-0.2, -0.15) is 0 Å². The molecule has 0 aliphatic carbocycles. The van der Waals surface area contributed by atoms with E-state index in [9.17, 15) is 8.42 Å². The number of aryl methyl sites for hydroxylation is 3. The molecule has 1 aromatic carbocycles. The minimum atomic E-state index is -3.04. The molecule has 0 saturated carbocycles. The zero-order valence-corrected chi connectivity index (χ0v) is 13.6. The third-order valence-corrected chi connectivity index (χ3v) is 5.97. The van der Waals surface area contributed by atoms with Crippen LogP contribution in [0.25, 0.3) is 0 Å². The first-order chi connectivity index (χ1) is 8.54. The van der Waals surface area contributed by atoms with Gasteiger partial charge in [0.05, 0.1) is 4.75 Å². The van der Waals surface area contributed by atoms with Crippen LogP contribution in [0.2, 0.25) is 0 Å². The van der Waals surface area contributed by atoms with Crippen molar-refractivity contribution in [2.45, 2.75) is 45.9 Å². The van der Waals surface area contributed by atoms with Gasteiger partial charge in [0.15, 0.2) is 9.84 Å². The fourth-order valence-electron chi connectivity index (χ4n) is 1.84. The molecule has 0 amide bonds. The molecule has 0 bridgehead atoms. The Hall–Kier alpha value is -0.870. The molecule has 0 atom stereocenters. The lowest BCUT2D eigenvalue weighted by Crippen LogP contribution is -2.41. The van der Waals surface area contributed by atoms with Gasteiger partial charge in [-0.3, -0.25) is 0 Å². The summed E-state index contributed by atoms with van der Waals surface area (Å²) in [7, 11) is -3.04.